The topological polar surface area (TPSA) is 30.8 Å². The fourth-order valence-electron chi connectivity index (χ4n) is 7.54. The van der Waals surface area contributed by atoms with Gasteiger partial charge in [-0.05, 0) is 55.4 Å². The van der Waals surface area contributed by atoms with Crippen LogP contribution >= 0.6 is 8.15 Å². The van der Waals surface area contributed by atoms with E-state index in [-0.39, 0.29) is 12.1 Å². The molecule has 3 aromatic rings. The molecule has 3 aromatic carbocycles. The Morgan fingerprint density at radius 3 is 1.64 bits per heavy atom. The van der Waals surface area contributed by atoms with Crippen molar-refractivity contribution < 1.29 is 9.26 Å². The highest BCUT2D eigenvalue weighted by Gasteiger charge is 2.51. The van der Waals surface area contributed by atoms with E-state index >= 15 is 0 Å². The summed E-state index contributed by atoms with van der Waals surface area (Å²) >= 11 is 0. The Hall–Kier alpha value is -2.48. The molecule has 2 atom stereocenters. The monoisotopic (exact) mass is 581 g/mol. The van der Waals surface area contributed by atoms with Crippen molar-refractivity contribution in [3.63, 3.8) is 0 Å². The summed E-state index contributed by atoms with van der Waals surface area (Å²) in [5.74, 6) is 0.779. The summed E-state index contributed by atoms with van der Waals surface area (Å²) in [5, 5.41) is 0. The molecule has 222 valence electrons. The van der Waals surface area contributed by atoms with Crippen molar-refractivity contribution in [1.29, 1.82) is 0 Å². The molecule has 1 aliphatic heterocycles. The minimum Gasteiger partial charge on any atom is -0.472 e. The van der Waals surface area contributed by atoms with E-state index in [1.165, 1.54) is 75.3 Å². The Kier molecular flexibility index (Phi) is 10.1. The first-order chi connectivity index (χ1) is 20.7. The lowest BCUT2D eigenvalue weighted by molar-refractivity contribution is 0.0133. The van der Waals surface area contributed by atoms with Crippen LogP contribution < -0.4 is 0 Å². The van der Waals surface area contributed by atoms with Gasteiger partial charge in [-0.3, -0.25) is 0 Å². The van der Waals surface area contributed by atoms with E-state index in [4.69, 9.17) is 14.3 Å². The third-order valence-electron chi connectivity index (χ3n) is 9.68. The molecule has 42 heavy (non-hydrogen) atoms. The predicted molar refractivity (Wildman–Crippen MR) is 177 cm³/mol. The van der Waals surface area contributed by atoms with Gasteiger partial charge in [0.1, 0.15) is 17.7 Å². The molecule has 2 aliphatic carbocycles. The Balaban J connectivity index is 1.47. The molecule has 0 amide bonds. The fourth-order valence-corrected chi connectivity index (χ4v) is 10.8. The van der Waals surface area contributed by atoms with Gasteiger partial charge in [0.25, 0.3) is 0 Å². The Bertz CT molecular complexity index is 1190. The molecule has 0 N–H and O–H groups in total. The van der Waals surface area contributed by atoms with Crippen molar-refractivity contribution in [2.24, 2.45) is 4.99 Å². The van der Waals surface area contributed by atoms with E-state index in [2.05, 4.69) is 97.9 Å². The maximum atomic E-state index is 8.00. The maximum Gasteiger partial charge on any atom is 0.216 e. The van der Waals surface area contributed by atoms with Gasteiger partial charge in [0.05, 0.1) is 0 Å². The fraction of sp³-hybridized carbons (Fsp3) is 0.500. The third kappa shape index (κ3) is 7.00. The first-order valence-electron chi connectivity index (χ1n) is 16.6. The molecule has 3 nitrogen and oxygen atoms in total. The molecule has 6 rings (SSSR count). The van der Waals surface area contributed by atoms with E-state index in [0.29, 0.717) is 11.3 Å². The summed E-state index contributed by atoms with van der Waals surface area (Å²) in [5.41, 5.74) is 4.63. The molecule has 0 unspecified atom stereocenters. The van der Waals surface area contributed by atoms with Crippen LogP contribution in [0.2, 0.25) is 0 Å². The Labute approximate surface area is 255 Å². The van der Waals surface area contributed by atoms with E-state index in [0.717, 1.165) is 30.7 Å². The second-order valence-corrected chi connectivity index (χ2v) is 15.1. The van der Waals surface area contributed by atoms with Crippen molar-refractivity contribution in [2.45, 2.75) is 119 Å². The number of ether oxygens (including phenoxy) is 1. The van der Waals surface area contributed by atoms with Gasteiger partial charge in [0.15, 0.2) is 0 Å². The van der Waals surface area contributed by atoms with Gasteiger partial charge in [-0.25, -0.2) is 4.99 Å². The zero-order chi connectivity index (χ0) is 28.6. The average Bonchev–Trinajstić information content (AvgIpc) is 3.51. The van der Waals surface area contributed by atoms with Crippen molar-refractivity contribution in [2.75, 3.05) is 0 Å². The summed E-state index contributed by atoms with van der Waals surface area (Å²) in [4.78, 5) is 5.50. The van der Waals surface area contributed by atoms with Gasteiger partial charge in [-0.15, -0.1) is 0 Å². The van der Waals surface area contributed by atoms with Crippen LogP contribution in [0.1, 0.15) is 94.2 Å². The largest absolute Gasteiger partial charge is 0.472 e. The third-order valence-corrected chi connectivity index (χ3v) is 12.7. The van der Waals surface area contributed by atoms with Gasteiger partial charge in [0.2, 0.25) is 5.90 Å². The minimum atomic E-state index is -0.611. The van der Waals surface area contributed by atoms with Crippen LogP contribution in [-0.2, 0) is 22.1 Å². The van der Waals surface area contributed by atoms with Crippen molar-refractivity contribution in [3.8, 4) is 0 Å². The van der Waals surface area contributed by atoms with E-state index in [9.17, 15) is 0 Å². The molecule has 2 saturated carbocycles. The van der Waals surface area contributed by atoms with Crippen molar-refractivity contribution >= 4 is 14.0 Å². The number of nitrogens with zero attached hydrogens (tertiary/aromatic N) is 1. The molecule has 0 aromatic heterocycles. The standard InChI is InChI=1S/C38H48NO2P/c1-2-35-36(39-37(40-35)32-22-12-5-13-23-32)38(28-30-18-8-3-9-19-30,29-31-20-10-4-11-21-31)41-42(33-24-14-6-15-25-33)34-26-16-7-17-27-34/h3-5,8-13,18-23,33-36H,2,6-7,14-17,24-29H2,1H3/t35-,36-/m0/s1. The molecule has 0 radical (unpaired) electrons. The van der Waals surface area contributed by atoms with Crippen LogP contribution in [-0.4, -0.2) is 35.0 Å². The van der Waals surface area contributed by atoms with Gasteiger partial charge in [-0.1, -0.05) is 124 Å². The summed E-state index contributed by atoms with van der Waals surface area (Å²) in [7, 11) is -0.611. The smallest absolute Gasteiger partial charge is 0.216 e. The summed E-state index contributed by atoms with van der Waals surface area (Å²) in [6.45, 7) is 2.25. The summed E-state index contributed by atoms with van der Waals surface area (Å²) in [6, 6.07) is 32.5. The Morgan fingerprint density at radius 1 is 0.690 bits per heavy atom. The summed E-state index contributed by atoms with van der Waals surface area (Å²) < 4.78 is 14.7. The second kappa shape index (κ2) is 14.3. The number of hydrogen-bond acceptors (Lipinski definition) is 3. The highest BCUT2D eigenvalue weighted by molar-refractivity contribution is 7.54. The van der Waals surface area contributed by atoms with E-state index in [1.807, 2.05) is 0 Å². The van der Waals surface area contributed by atoms with Crippen LogP contribution in [0.25, 0.3) is 0 Å². The van der Waals surface area contributed by atoms with Crippen LogP contribution in [0.15, 0.2) is 96.0 Å². The Morgan fingerprint density at radius 2 is 1.17 bits per heavy atom. The molecule has 0 saturated heterocycles. The number of benzene rings is 3. The number of aliphatic imine (C=N–C) groups is 1. The lowest BCUT2D eigenvalue weighted by Crippen LogP contribution is -2.52. The van der Waals surface area contributed by atoms with Gasteiger partial charge in [0, 0.05) is 37.9 Å². The normalized spacial score (nSPS) is 22.2. The van der Waals surface area contributed by atoms with Gasteiger partial charge in [-0.2, -0.15) is 0 Å². The highest BCUT2D eigenvalue weighted by Crippen LogP contribution is 2.60. The minimum absolute atomic E-state index is 0.0119. The van der Waals surface area contributed by atoms with Crippen LogP contribution in [0, 0.1) is 0 Å². The second-order valence-electron chi connectivity index (χ2n) is 12.7. The molecule has 4 heteroatoms. The lowest BCUT2D eigenvalue weighted by Gasteiger charge is -2.47. The maximum absolute atomic E-state index is 8.00. The summed E-state index contributed by atoms with van der Waals surface area (Å²) in [6.07, 6.45) is 16.0. The zero-order valence-electron chi connectivity index (χ0n) is 25.4. The molecule has 2 fully saturated rings. The molecule has 1 heterocycles. The molecule has 3 aliphatic rings. The van der Waals surface area contributed by atoms with Gasteiger partial charge < -0.3 is 9.26 Å². The van der Waals surface area contributed by atoms with E-state index < -0.39 is 13.7 Å². The quantitative estimate of drug-likeness (QED) is 0.211. The molecule has 0 spiro atoms. The first kappa shape index (κ1) is 29.6. The lowest BCUT2D eigenvalue weighted by atomic mass is 9.79. The van der Waals surface area contributed by atoms with Crippen molar-refractivity contribution in [1.82, 2.24) is 0 Å². The van der Waals surface area contributed by atoms with Crippen molar-refractivity contribution in [3.05, 3.63) is 108 Å². The molecular formula is C38H48NO2P. The average molecular weight is 582 g/mol. The molecular weight excluding hydrogens is 533 g/mol. The van der Waals surface area contributed by atoms with E-state index in [1.54, 1.807) is 0 Å². The number of hydrogen-bond donors (Lipinski definition) is 0. The van der Waals surface area contributed by atoms with Crippen LogP contribution in [0.3, 0.4) is 0 Å². The molecule has 0 bridgehead atoms. The predicted octanol–water partition coefficient (Wildman–Crippen LogP) is 9.91. The highest BCUT2D eigenvalue weighted by atomic mass is 31.1. The number of rotatable bonds is 11. The van der Waals surface area contributed by atoms with Crippen LogP contribution in [0.5, 0.6) is 0 Å². The SMILES string of the molecule is CC[C@@H]1OC(c2ccccc2)=N[C@@H]1C(Cc1ccccc1)(Cc1ccccc1)OP(C1CCCCC1)C1CCCCC1. The van der Waals surface area contributed by atoms with Gasteiger partial charge >= 0.3 is 0 Å². The van der Waals surface area contributed by atoms with Crippen LogP contribution in [0.4, 0.5) is 0 Å². The first-order valence-corrected chi connectivity index (χ1v) is 18.0. The zero-order valence-corrected chi connectivity index (χ0v) is 26.3.